The van der Waals surface area contributed by atoms with Crippen molar-refractivity contribution in [2.45, 2.75) is 4.90 Å². The molecule has 0 bridgehead atoms. The van der Waals surface area contributed by atoms with Crippen molar-refractivity contribution in [3.63, 3.8) is 0 Å². The molecule has 0 aliphatic carbocycles. The van der Waals surface area contributed by atoms with Crippen molar-refractivity contribution in [1.29, 1.82) is 0 Å². The summed E-state index contributed by atoms with van der Waals surface area (Å²) in [6, 6.07) is 9.34. The number of hydrogen-bond donors (Lipinski definition) is 1. The first kappa shape index (κ1) is 15.9. The minimum Gasteiger partial charge on any atom is -0.454 e. The Kier molecular flexibility index (Phi) is 3.62. The number of nitrogens with one attached hydrogen (secondary N) is 1. The molecular weight excluding hydrogens is 364 g/mol. The predicted molar refractivity (Wildman–Crippen MR) is 93.2 cm³/mol. The lowest BCUT2D eigenvalue weighted by Crippen LogP contribution is -2.11. The summed E-state index contributed by atoms with van der Waals surface area (Å²) < 4.78 is 34.4. The van der Waals surface area contributed by atoms with E-state index in [0.717, 1.165) is 11.0 Å². The van der Waals surface area contributed by atoms with Gasteiger partial charge >= 0.3 is 0 Å². The van der Waals surface area contributed by atoms with Crippen molar-refractivity contribution in [2.75, 3.05) is 18.4 Å². The molecule has 1 aromatic heterocycles. The topological polar surface area (TPSA) is 94.6 Å². The normalized spacial score (nSPS) is 13.2. The van der Waals surface area contributed by atoms with Gasteiger partial charge in [-0.25, -0.2) is 13.4 Å². The molecule has 1 amide bonds. The van der Waals surface area contributed by atoms with Crippen LogP contribution in [0.15, 0.2) is 41.3 Å². The van der Waals surface area contributed by atoms with Gasteiger partial charge in [0.05, 0.1) is 15.1 Å². The molecule has 0 saturated heterocycles. The lowest BCUT2D eigenvalue weighted by molar-refractivity contribution is 0.102. The number of thiazole rings is 1. The van der Waals surface area contributed by atoms with Crippen LogP contribution in [0.5, 0.6) is 11.5 Å². The molecule has 0 radical (unpaired) electrons. The smallest absolute Gasteiger partial charge is 0.257 e. The number of amides is 1. The lowest BCUT2D eigenvalue weighted by Gasteiger charge is -2.03. The maximum Gasteiger partial charge on any atom is 0.257 e. The molecule has 0 spiro atoms. The van der Waals surface area contributed by atoms with Gasteiger partial charge in [0.15, 0.2) is 26.5 Å². The Hall–Kier alpha value is -2.65. The van der Waals surface area contributed by atoms with Crippen LogP contribution in [0, 0.1) is 0 Å². The molecule has 0 fully saturated rings. The molecule has 4 rings (SSSR count). The van der Waals surface area contributed by atoms with Crippen LogP contribution in [0.3, 0.4) is 0 Å². The Morgan fingerprint density at radius 3 is 2.52 bits per heavy atom. The number of sulfone groups is 1. The van der Waals surface area contributed by atoms with Crippen molar-refractivity contribution < 1.29 is 22.7 Å². The maximum absolute atomic E-state index is 12.3. The number of ether oxygens (including phenoxy) is 2. The number of carbonyl (C=O) groups excluding carboxylic acids is 1. The molecule has 1 aliphatic heterocycles. The van der Waals surface area contributed by atoms with Gasteiger partial charge in [0, 0.05) is 24.0 Å². The number of aromatic nitrogens is 1. The van der Waals surface area contributed by atoms with Crippen molar-refractivity contribution in [3.8, 4) is 11.5 Å². The Bertz CT molecular complexity index is 1050. The molecule has 1 N–H and O–H groups in total. The van der Waals surface area contributed by atoms with Crippen LogP contribution in [0.1, 0.15) is 10.4 Å². The Labute approximate surface area is 147 Å². The second kappa shape index (κ2) is 5.71. The van der Waals surface area contributed by atoms with Crippen molar-refractivity contribution in [2.24, 2.45) is 0 Å². The van der Waals surface area contributed by atoms with Crippen LogP contribution in [-0.2, 0) is 9.84 Å². The molecule has 2 heterocycles. The van der Waals surface area contributed by atoms with Crippen LogP contribution >= 0.6 is 11.3 Å². The number of fused-ring (bicyclic) bond motifs is 2. The van der Waals surface area contributed by atoms with E-state index < -0.39 is 9.84 Å². The highest BCUT2D eigenvalue weighted by Gasteiger charge is 2.17. The summed E-state index contributed by atoms with van der Waals surface area (Å²) in [7, 11) is -3.29. The summed E-state index contributed by atoms with van der Waals surface area (Å²) in [5, 5.41) is 3.16. The number of nitrogens with zero attached hydrogens (tertiary/aromatic N) is 1. The van der Waals surface area contributed by atoms with Gasteiger partial charge in [0.1, 0.15) is 0 Å². The molecular formula is C16H12N2O5S2. The second-order valence-corrected chi connectivity index (χ2v) is 8.49. The third-order valence-electron chi connectivity index (χ3n) is 3.65. The van der Waals surface area contributed by atoms with Gasteiger partial charge < -0.3 is 9.47 Å². The van der Waals surface area contributed by atoms with Gasteiger partial charge in [-0.05, 0) is 24.3 Å². The fourth-order valence-electron chi connectivity index (χ4n) is 2.39. The Balaban J connectivity index is 1.57. The summed E-state index contributed by atoms with van der Waals surface area (Å²) in [6.45, 7) is 0.194. The zero-order valence-electron chi connectivity index (χ0n) is 13.0. The number of benzene rings is 2. The van der Waals surface area contributed by atoms with E-state index >= 15 is 0 Å². The predicted octanol–water partition coefficient (Wildman–Crippen LogP) is 2.68. The Morgan fingerprint density at radius 2 is 1.84 bits per heavy atom. The zero-order chi connectivity index (χ0) is 17.6. The van der Waals surface area contributed by atoms with Crippen molar-refractivity contribution in [1.82, 2.24) is 4.98 Å². The van der Waals surface area contributed by atoms with E-state index in [2.05, 4.69) is 10.3 Å². The van der Waals surface area contributed by atoms with E-state index in [1.165, 1.54) is 35.6 Å². The summed E-state index contributed by atoms with van der Waals surface area (Å²) in [6.07, 6.45) is 1.12. The summed E-state index contributed by atoms with van der Waals surface area (Å²) >= 11 is 1.32. The number of carbonyl (C=O) groups is 1. The molecule has 9 heteroatoms. The van der Waals surface area contributed by atoms with E-state index in [9.17, 15) is 13.2 Å². The summed E-state index contributed by atoms with van der Waals surface area (Å²) in [5.74, 6) is 0.927. The molecule has 0 unspecified atom stereocenters. The lowest BCUT2D eigenvalue weighted by atomic mass is 10.2. The average molecular weight is 376 g/mol. The first-order valence-electron chi connectivity index (χ1n) is 7.22. The van der Waals surface area contributed by atoms with Crippen molar-refractivity contribution in [3.05, 3.63) is 42.0 Å². The quantitative estimate of drug-likeness (QED) is 0.755. The van der Waals surface area contributed by atoms with Crippen LogP contribution in [0.25, 0.3) is 10.2 Å². The molecule has 0 atom stereocenters. The Morgan fingerprint density at radius 1 is 1.16 bits per heavy atom. The van der Waals surface area contributed by atoms with Crippen LogP contribution in [0.2, 0.25) is 0 Å². The van der Waals surface area contributed by atoms with Gasteiger partial charge in [-0.1, -0.05) is 11.3 Å². The van der Waals surface area contributed by atoms with Gasteiger partial charge in [-0.2, -0.15) is 0 Å². The van der Waals surface area contributed by atoms with E-state index in [0.29, 0.717) is 27.7 Å². The van der Waals surface area contributed by atoms with E-state index in [-0.39, 0.29) is 17.6 Å². The van der Waals surface area contributed by atoms with Crippen molar-refractivity contribution >= 4 is 42.4 Å². The van der Waals surface area contributed by atoms with Gasteiger partial charge in [0.25, 0.3) is 5.91 Å². The van der Waals surface area contributed by atoms with E-state index in [1.54, 1.807) is 6.07 Å². The number of hydrogen-bond acceptors (Lipinski definition) is 7. The largest absolute Gasteiger partial charge is 0.454 e. The first-order chi connectivity index (χ1) is 11.9. The van der Waals surface area contributed by atoms with Gasteiger partial charge in [-0.3, -0.25) is 10.1 Å². The maximum atomic E-state index is 12.3. The highest BCUT2D eigenvalue weighted by atomic mass is 32.2. The second-order valence-electron chi connectivity index (χ2n) is 5.44. The fraction of sp³-hybridized carbons (Fsp3) is 0.125. The summed E-state index contributed by atoms with van der Waals surface area (Å²) in [4.78, 5) is 16.8. The fourth-order valence-corrected chi connectivity index (χ4v) is 3.90. The number of rotatable bonds is 3. The van der Waals surface area contributed by atoms with E-state index in [4.69, 9.17) is 9.47 Å². The minimum absolute atomic E-state index is 0.165. The first-order valence-corrected chi connectivity index (χ1v) is 9.92. The summed E-state index contributed by atoms with van der Waals surface area (Å²) in [5.41, 5.74) is 1.05. The molecule has 7 nitrogen and oxygen atoms in total. The molecule has 128 valence electrons. The SMILES string of the molecule is CS(=O)(=O)c1ccc(C(=O)Nc2nc3cc4c(cc3s2)OCO4)cc1. The number of anilines is 1. The molecule has 1 aliphatic rings. The van der Waals surface area contributed by atoms with Crippen LogP contribution in [-0.4, -0.2) is 32.4 Å². The molecule has 2 aromatic carbocycles. The van der Waals surface area contributed by atoms with Crippen LogP contribution < -0.4 is 14.8 Å². The molecule has 0 saturated carbocycles. The third-order valence-corrected chi connectivity index (χ3v) is 5.71. The standard InChI is InChI=1S/C16H12N2O5S2/c1-25(20,21)10-4-2-9(3-5-10)15(19)18-16-17-11-6-12-13(23-8-22-12)7-14(11)24-16/h2-7H,8H2,1H3,(H,17,18,19). The molecule has 3 aromatic rings. The van der Waals surface area contributed by atoms with Gasteiger partial charge in [-0.15, -0.1) is 0 Å². The highest BCUT2D eigenvalue weighted by Crippen LogP contribution is 2.39. The monoisotopic (exact) mass is 376 g/mol. The third kappa shape index (κ3) is 3.03. The molecule has 25 heavy (non-hydrogen) atoms. The van der Waals surface area contributed by atoms with E-state index in [1.807, 2.05) is 6.07 Å². The van der Waals surface area contributed by atoms with Gasteiger partial charge in [0.2, 0.25) is 6.79 Å². The zero-order valence-corrected chi connectivity index (χ0v) is 14.6. The minimum atomic E-state index is -3.29. The average Bonchev–Trinajstić information content (AvgIpc) is 3.16. The van der Waals surface area contributed by atoms with Crippen LogP contribution in [0.4, 0.5) is 5.13 Å². The highest BCUT2D eigenvalue weighted by molar-refractivity contribution is 7.90.